The monoisotopic (exact) mass is 295 g/mol. The van der Waals surface area contributed by atoms with Gasteiger partial charge in [-0.3, -0.25) is 0 Å². The molecule has 0 bridgehead atoms. The molecule has 1 atom stereocenters. The van der Waals surface area contributed by atoms with E-state index in [1.807, 2.05) is 37.3 Å². The zero-order valence-corrected chi connectivity index (χ0v) is 11.3. The van der Waals surface area contributed by atoms with E-state index in [-0.39, 0.29) is 6.04 Å². The molecular formula is C13H14BrNO2. The number of benzene rings is 1. The van der Waals surface area contributed by atoms with E-state index in [0.29, 0.717) is 4.67 Å². The molecule has 0 aliphatic carbocycles. The molecule has 2 rings (SSSR count). The van der Waals surface area contributed by atoms with Crippen LogP contribution in [0.15, 0.2) is 39.4 Å². The van der Waals surface area contributed by atoms with Crippen LogP contribution in [0.5, 0.6) is 5.75 Å². The molecule has 0 aliphatic rings. The van der Waals surface area contributed by atoms with Crippen LogP contribution >= 0.6 is 15.9 Å². The number of aryl methyl sites for hydroxylation is 1. The number of furan rings is 1. The smallest absolute Gasteiger partial charge is 0.169 e. The second-order valence-electron chi connectivity index (χ2n) is 3.84. The number of methoxy groups -OCH3 is 1. The molecule has 1 heterocycles. The summed E-state index contributed by atoms with van der Waals surface area (Å²) in [7, 11) is 1.65. The van der Waals surface area contributed by atoms with Crippen molar-refractivity contribution in [2.45, 2.75) is 13.0 Å². The Morgan fingerprint density at radius 2 is 2.06 bits per heavy atom. The highest BCUT2D eigenvalue weighted by Crippen LogP contribution is 2.28. The average molecular weight is 296 g/mol. The fraction of sp³-hybridized carbons (Fsp3) is 0.231. The van der Waals surface area contributed by atoms with Crippen LogP contribution in [-0.4, -0.2) is 7.11 Å². The SMILES string of the molecule is COc1ccc(C(N)c2ccc(Br)o2)c(C)c1. The lowest BCUT2D eigenvalue weighted by Gasteiger charge is -2.13. The maximum absolute atomic E-state index is 6.17. The van der Waals surface area contributed by atoms with Gasteiger partial charge in [0.2, 0.25) is 0 Å². The summed E-state index contributed by atoms with van der Waals surface area (Å²) in [4.78, 5) is 0. The summed E-state index contributed by atoms with van der Waals surface area (Å²) in [6.07, 6.45) is 0. The Labute approximate surface area is 109 Å². The summed E-state index contributed by atoms with van der Waals surface area (Å²) in [5, 5.41) is 0. The second-order valence-corrected chi connectivity index (χ2v) is 4.62. The zero-order chi connectivity index (χ0) is 12.4. The van der Waals surface area contributed by atoms with Gasteiger partial charge in [-0.05, 0) is 58.2 Å². The molecule has 0 saturated carbocycles. The summed E-state index contributed by atoms with van der Waals surface area (Å²) in [6.45, 7) is 2.01. The lowest BCUT2D eigenvalue weighted by molar-refractivity contribution is 0.414. The van der Waals surface area contributed by atoms with Crippen LogP contribution in [0.1, 0.15) is 22.9 Å². The summed E-state index contributed by atoms with van der Waals surface area (Å²) in [6, 6.07) is 9.29. The van der Waals surface area contributed by atoms with Gasteiger partial charge in [-0.2, -0.15) is 0 Å². The molecule has 0 saturated heterocycles. The summed E-state index contributed by atoms with van der Waals surface area (Å²) in [5.41, 5.74) is 8.29. The van der Waals surface area contributed by atoms with Crippen LogP contribution in [-0.2, 0) is 0 Å². The van der Waals surface area contributed by atoms with Crippen molar-refractivity contribution in [3.8, 4) is 5.75 Å². The predicted octanol–water partition coefficient (Wildman–Crippen LogP) is 3.41. The number of ether oxygens (including phenoxy) is 1. The van der Waals surface area contributed by atoms with Gasteiger partial charge < -0.3 is 14.9 Å². The van der Waals surface area contributed by atoms with Gasteiger partial charge in [0, 0.05) is 0 Å². The van der Waals surface area contributed by atoms with Gasteiger partial charge in [0.15, 0.2) is 4.67 Å². The van der Waals surface area contributed by atoms with Gasteiger partial charge >= 0.3 is 0 Å². The van der Waals surface area contributed by atoms with Gasteiger partial charge in [0.25, 0.3) is 0 Å². The minimum atomic E-state index is -0.257. The molecule has 0 radical (unpaired) electrons. The van der Waals surface area contributed by atoms with Gasteiger partial charge in [-0.25, -0.2) is 0 Å². The van der Waals surface area contributed by atoms with Crippen molar-refractivity contribution < 1.29 is 9.15 Å². The Morgan fingerprint density at radius 1 is 1.29 bits per heavy atom. The maximum Gasteiger partial charge on any atom is 0.169 e. The molecule has 2 N–H and O–H groups in total. The van der Waals surface area contributed by atoms with E-state index in [9.17, 15) is 0 Å². The van der Waals surface area contributed by atoms with E-state index in [0.717, 1.165) is 22.6 Å². The number of hydrogen-bond donors (Lipinski definition) is 1. The molecule has 0 fully saturated rings. The molecule has 0 spiro atoms. The Hall–Kier alpha value is -1.26. The molecule has 1 aromatic heterocycles. The molecule has 0 aliphatic heterocycles. The average Bonchev–Trinajstić information content (AvgIpc) is 2.75. The van der Waals surface area contributed by atoms with Crippen LogP contribution in [0.3, 0.4) is 0 Å². The molecule has 2 aromatic rings. The van der Waals surface area contributed by atoms with Crippen molar-refractivity contribution in [3.63, 3.8) is 0 Å². The number of hydrogen-bond acceptors (Lipinski definition) is 3. The number of nitrogens with two attached hydrogens (primary N) is 1. The first kappa shape index (κ1) is 12.2. The Bertz CT molecular complexity index is 522. The predicted molar refractivity (Wildman–Crippen MR) is 70.2 cm³/mol. The molecular weight excluding hydrogens is 282 g/mol. The Kier molecular flexibility index (Phi) is 3.54. The third kappa shape index (κ3) is 2.53. The van der Waals surface area contributed by atoms with Gasteiger partial charge in [-0.1, -0.05) is 6.07 Å². The minimum Gasteiger partial charge on any atom is -0.497 e. The maximum atomic E-state index is 6.17. The van der Waals surface area contributed by atoms with Crippen molar-refractivity contribution in [1.29, 1.82) is 0 Å². The number of halogens is 1. The first-order chi connectivity index (χ1) is 8.11. The molecule has 0 amide bonds. The molecule has 1 aromatic carbocycles. The van der Waals surface area contributed by atoms with E-state index >= 15 is 0 Å². The molecule has 4 heteroatoms. The van der Waals surface area contributed by atoms with Gasteiger partial charge in [-0.15, -0.1) is 0 Å². The Morgan fingerprint density at radius 3 is 2.59 bits per heavy atom. The third-order valence-electron chi connectivity index (χ3n) is 2.71. The van der Waals surface area contributed by atoms with E-state index in [1.54, 1.807) is 7.11 Å². The molecule has 17 heavy (non-hydrogen) atoms. The van der Waals surface area contributed by atoms with Gasteiger partial charge in [0.1, 0.15) is 11.5 Å². The van der Waals surface area contributed by atoms with Crippen molar-refractivity contribution in [1.82, 2.24) is 0 Å². The fourth-order valence-corrected chi connectivity index (χ4v) is 2.09. The topological polar surface area (TPSA) is 48.4 Å². The summed E-state index contributed by atoms with van der Waals surface area (Å²) < 4.78 is 11.3. The minimum absolute atomic E-state index is 0.257. The summed E-state index contributed by atoms with van der Waals surface area (Å²) in [5.74, 6) is 1.57. The van der Waals surface area contributed by atoms with Gasteiger partial charge in [0.05, 0.1) is 13.2 Å². The van der Waals surface area contributed by atoms with Crippen LogP contribution in [0.25, 0.3) is 0 Å². The van der Waals surface area contributed by atoms with Crippen LogP contribution < -0.4 is 10.5 Å². The third-order valence-corrected chi connectivity index (χ3v) is 3.14. The first-order valence-electron chi connectivity index (χ1n) is 5.27. The van der Waals surface area contributed by atoms with Crippen LogP contribution in [0.4, 0.5) is 0 Å². The highest BCUT2D eigenvalue weighted by atomic mass is 79.9. The first-order valence-corrected chi connectivity index (χ1v) is 6.06. The van der Waals surface area contributed by atoms with Crippen molar-refractivity contribution >= 4 is 15.9 Å². The Balaban J connectivity index is 2.34. The standard InChI is InChI=1S/C13H14BrNO2/c1-8-7-9(16-2)3-4-10(8)13(15)11-5-6-12(14)17-11/h3-7,13H,15H2,1-2H3. The highest BCUT2D eigenvalue weighted by Gasteiger charge is 2.15. The van der Waals surface area contributed by atoms with Crippen LogP contribution in [0, 0.1) is 6.92 Å². The fourth-order valence-electron chi connectivity index (χ4n) is 1.77. The lowest BCUT2D eigenvalue weighted by Crippen LogP contribution is -2.12. The largest absolute Gasteiger partial charge is 0.497 e. The second kappa shape index (κ2) is 4.94. The molecule has 90 valence electrons. The van der Waals surface area contributed by atoms with Crippen molar-refractivity contribution in [3.05, 3.63) is 51.9 Å². The van der Waals surface area contributed by atoms with E-state index < -0.39 is 0 Å². The zero-order valence-electron chi connectivity index (χ0n) is 9.74. The normalized spacial score (nSPS) is 12.5. The van der Waals surface area contributed by atoms with E-state index in [2.05, 4.69) is 15.9 Å². The van der Waals surface area contributed by atoms with E-state index in [4.69, 9.17) is 14.9 Å². The van der Waals surface area contributed by atoms with Crippen LogP contribution in [0.2, 0.25) is 0 Å². The molecule has 3 nitrogen and oxygen atoms in total. The van der Waals surface area contributed by atoms with Crippen molar-refractivity contribution in [2.75, 3.05) is 7.11 Å². The number of rotatable bonds is 3. The van der Waals surface area contributed by atoms with E-state index in [1.165, 1.54) is 0 Å². The summed E-state index contributed by atoms with van der Waals surface area (Å²) >= 11 is 3.27. The molecule has 1 unspecified atom stereocenters. The quantitative estimate of drug-likeness (QED) is 0.944. The van der Waals surface area contributed by atoms with Crippen molar-refractivity contribution in [2.24, 2.45) is 5.73 Å². The highest BCUT2D eigenvalue weighted by molar-refractivity contribution is 9.10. The lowest BCUT2D eigenvalue weighted by atomic mass is 10.00.